The van der Waals surface area contributed by atoms with Crippen LogP contribution >= 0.6 is 23.4 Å². The normalized spacial score (nSPS) is 15.3. The predicted molar refractivity (Wildman–Crippen MR) is 168 cm³/mol. The summed E-state index contributed by atoms with van der Waals surface area (Å²) in [5, 5.41) is 11.8. The molecule has 3 aromatic carbocycles. The topological polar surface area (TPSA) is 96.5 Å². The molecule has 2 heterocycles. The molecule has 8 nitrogen and oxygen atoms in total. The largest absolute Gasteiger partial charge is 0.483 e. The smallest absolute Gasteiger partial charge is 0.267 e. The molecule has 0 bridgehead atoms. The minimum absolute atomic E-state index is 0.160. The molecule has 0 unspecified atom stereocenters. The van der Waals surface area contributed by atoms with Crippen LogP contribution in [0.15, 0.2) is 117 Å². The summed E-state index contributed by atoms with van der Waals surface area (Å²) < 4.78 is 24.4. The molecule has 0 aliphatic carbocycles. The second kappa shape index (κ2) is 14.3. The number of hydrogen-bond donors (Lipinski definition) is 1. The molecule has 0 saturated carbocycles. The number of carbonyl (C=O) groups is 2. The molecule has 0 atom stereocenters. The van der Waals surface area contributed by atoms with Crippen LogP contribution in [0.1, 0.15) is 16.9 Å². The minimum atomic E-state index is -0.440. The van der Waals surface area contributed by atoms with Crippen molar-refractivity contribution in [3.05, 3.63) is 130 Å². The van der Waals surface area contributed by atoms with Gasteiger partial charge < -0.3 is 14.5 Å². The Morgan fingerprint density at radius 3 is 2.65 bits per heavy atom. The molecule has 1 aliphatic rings. The van der Waals surface area contributed by atoms with Gasteiger partial charge in [-0.3, -0.25) is 14.5 Å². The molecule has 4 aromatic rings. The van der Waals surface area contributed by atoms with E-state index >= 15 is 0 Å². The number of carbonyl (C=O) groups excluding carboxylic acids is 2. The van der Waals surface area contributed by atoms with Gasteiger partial charge in [-0.05, 0) is 84.1 Å². The zero-order valence-corrected chi connectivity index (χ0v) is 24.1. The Morgan fingerprint density at radius 1 is 1.07 bits per heavy atom. The molecule has 1 saturated heterocycles. The highest BCUT2D eigenvalue weighted by atomic mass is 35.5. The number of nitrogens with one attached hydrogen (secondary N) is 1. The monoisotopic (exact) mass is 614 g/mol. The Kier molecular flexibility index (Phi) is 9.83. The average Bonchev–Trinajstić information content (AvgIpc) is 3.62. The summed E-state index contributed by atoms with van der Waals surface area (Å²) in [4.78, 5) is 27.7. The molecule has 1 N–H and O–H groups in total. The van der Waals surface area contributed by atoms with Gasteiger partial charge in [-0.25, -0.2) is 4.39 Å². The number of allylic oxidation sites excluding steroid dienone is 1. The molecule has 5 rings (SSSR count). The van der Waals surface area contributed by atoms with E-state index in [2.05, 4.69) is 15.5 Å². The van der Waals surface area contributed by atoms with E-state index in [0.717, 1.165) is 17.3 Å². The Labute approximate surface area is 256 Å². The quantitative estimate of drug-likeness (QED) is 0.115. The number of furan rings is 1. The Hall–Kier alpha value is -4.93. The van der Waals surface area contributed by atoms with Gasteiger partial charge in [-0.2, -0.15) is 5.10 Å². The number of amidine groups is 1. The van der Waals surface area contributed by atoms with Crippen LogP contribution in [0.25, 0.3) is 12.2 Å². The Morgan fingerprint density at radius 2 is 1.88 bits per heavy atom. The van der Waals surface area contributed by atoms with E-state index in [1.54, 1.807) is 42.5 Å². The SMILES string of the molecule is O=C(COc1ccc(Cl)cc1/C=C1\S\C(=N/N=C/C=C/c2ccccc2)N(Cc2ccco2)C1=O)Nc1ccc(F)cc1. The van der Waals surface area contributed by atoms with E-state index in [-0.39, 0.29) is 19.1 Å². The molecule has 43 heavy (non-hydrogen) atoms. The van der Waals surface area contributed by atoms with Crippen molar-refractivity contribution in [1.29, 1.82) is 0 Å². The maximum atomic E-state index is 13.5. The lowest BCUT2D eigenvalue weighted by molar-refractivity contribution is -0.122. The first-order valence-corrected chi connectivity index (χ1v) is 14.2. The lowest BCUT2D eigenvalue weighted by Crippen LogP contribution is -2.28. The van der Waals surface area contributed by atoms with Crippen LogP contribution in [0.3, 0.4) is 0 Å². The third kappa shape index (κ3) is 8.31. The fourth-order valence-corrected chi connectivity index (χ4v) is 5.00. The van der Waals surface area contributed by atoms with E-state index in [4.69, 9.17) is 20.8 Å². The molecule has 11 heteroatoms. The molecule has 1 aliphatic heterocycles. The maximum absolute atomic E-state index is 13.5. The second-order valence-electron chi connectivity index (χ2n) is 9.02. The van der Waals surface area contributed by atoms with Gasteiger partial charge in [0.25, 0.3) is 11.8 Å². The summed E-state index contributed by atoms with van der Waals surface area (Å²) in [5.41, 5.74) is 1.94. The second-order valence-corrected chi connectivity index (χ2v) is 10.5. The van der Waals surface area contributed by atoms with Crippen LogP contribution in [-0.4, -0.2) is 34.7 Å². The van der Waals surface area contributed by atoms with Crippen molar-refractivity contribution in [2.24, 2.45) is 10.2 Å². The first-order chi connectivity index (χ1) is 20.9. The number of rotatable bonds is 10. The molecule has 1 fully saturated rings. The van der Waals surface area contributed by atoms with Crippen LogP contribution in [-0.2, 0) is 16.1 Å². The van der Waals surface area contributed by atoms with Crippen molar-refractivity contribution >= 4 is 64.4 Å². The maximum Gasteiger partial charge on any atom is 0.267 e. The van der Waals surface area contributed by atoms with Gasteiger partial charge in [-0.15, -0.1) is 5.10 Å². The lowest BCUT2D eigenvalue weighted by Gasteiger charge is -2.12. The van der Waals surface area contributed by atoms with Gasteiger partial charge in [0.15, 0.2) is 11.8 Å². The third-order valence-electron chi connectivity index (χ3n) is 5.91. The highest BCUT2D eigenvalue weighted by molar-refractivity contribution is 8.18. The van der Waals surface area contributed by atoms with Crippen molar-refractivity contribution < 1.29 is 23.1 Å². The Balaban J connectivity index is 1.33. The molecular formula is C32H24ClFN4O4S. The summed E-state index contributed by atoms with van der Waals surface area (Å²) in [6, 6.07) is 23.5. The van der Waals surface area contributed by atoms with Crippen LogP contribution < -0.4 is 10.1 Å². The standard InChI is InChI=1S/C32H24ClFN4O4S/c33-24-10-15-28(42-21-30(39)36-26-13-11-25(34)12-14-26)23(18-24)19-29-31(40)38(20-27-9-5-17-41-27)32(43-29)37-35-16-4-8-22-6-2-1-3-7-22/h1-19H,20-21H2,(H,36,39)/b8-4+,29-19-,35-16+,37-32-. The highest BCUT2D eigenvalue weighted by Gasteiger charge is 2.34. The molecule has 2 amide bonds. The molecular weight excluding hydrogens is 591 g/mol. The number of thioether (sulfide) groups is 1. The number of nitrogens with zero attached hydrogens (tertiary/aromatic N) is 3. The van der Waals surface area contributed by atoms with Gasteiger partial charge in [0.1, 0.15) is 17.3 Å². The number of hydrogen-bond acceptors (Lipinski definition) is 7. The van der Waals surface area contributed by atoms with E-state index < -0.39 is 11.7 Å². The van der Waals surface area contributed by atoms with Gasteiger partial charge in [0, 0.05) is 22.5 Å². The Bertz CT molecular complexity index is 1710. The van der Waals surface area contributed by atoms with Crippen LogP contribution in [0, 0.1) is 5.82 Å². The average molecular weight is 615 g/mol. The number of anilines is 1. The van der Waals surface area contributed by atoms with E-state index in [1.807, 2.05) is 36.4 Å². The summed E-state index contributed by atoms with van der Waals surface area (Å²) in [7, 11) is 0. The van der Waals surface area contributed by atoms with Crippen LogP contribution in [0.2, 0.25) is 5.02 Å². The number of amides is 2. The van der Waals surface area contributed by atoms with Gasteiger partial charge in [0.2, 0.25) is 0 Å². The van der Waals surface area contributed by atoms with E-state index in [1.165, 1.54) is 41.6 Å². The molecule has 216 valence electrons. The fourth-order valence-electron chi connectivity index (χ4n) is 3.90. The van der Waals surface area contributed by atoms with Gasteiger partial charge in [-0.1, -0.05) is 48.0 Å². The third-order valence-corrected chi connectivity index (χ3v) is 7.14. The molecule has 0 radical (unpaired) electrons. The van der Waals surface area contributed by atoms with Crippen LogP contribution in [0.4, 0.5) is 10.1 Å². The predicted octanol–water partition coefficient (Wildman–Crippen LogP) is 7.26. The highest BCUT2D eigenvalue weighted by Crippen LogP contribution is 2.36. The van der Waals surface area contributed by atoms with E-state index in [0.29, 0.717) is 37.9 Å². The summed E-state index contributed by atoms with van der Waals surface area (Å²) in [5.74, 6) is -0.240. The van der Waals surface area contributed by atoms with Gasteiger partial charge >= 0.3 is 0 Å². The van der Waals surface area contributed by atoms with Gasteiger partial charge in [0.05, 0.1) is 17.7 Å². The minimum Gasteiger partial charge on any atom is -0.483 e. The summed E-state index contributed by atoms with van der Waals surface area (Å²) in [6.45, 7) is -0.161. The molecule has 0 spiro atoms. The van der Waals surface area contributed by atoms with Crippen molar-refractivity contribution in [2.45, 2.75) is 6.54 Å². The van der Waals surface area contributed by atoms with Crippen molar-refractivity contribution in [1.82, 2.24) is 4.90 Å². The zero-order valence-electron chi connectivity index (χ0n) is 22.5. The summed E-state index contributed by atoms with van der Waals surface area (Å²) in [6.07, 6.45) is 8.35. The first-order valence-electron chi connectivity index (χ1n) is 13.0. The molecule has 1 aromatic heterocycles. The van der Waals surface area contributed by atoms with Crippen molar-refractivity contribution in [3.8, 4) is 5.75 Å². The lowest BCUT2D eigenvalue weighted by atomic mass is 10.2. The fraction of sp³-hybridized carbons (Fsp3) is 0.0625. The number of ether oxygens (including phenoxy) is 1. The van der Waals surface area contributed by atoms with E-state index in [9.17, 15) is 14.0 Å². The van der Waals surface area contributed by atoms with Crippen molar-refractivity contribution in [2.75, 3.05) is 11.9 Å². The van der Waals surface area contributed by atoms with Crippen molar-refractivity contribution in [3.63, 3.8) is 0 Å². The number of benzene rings is 3. The summed E-state index contributed by atoms with van der Waals surface area (Å²) >= 11 is 7.40. The number of halogens is 2. The zero-order chi connectivity index (χ0) is 30.0. The van der Waals surface area contributed by atoms with Crippen LogP contribution in [0.5, 0.6) is 5.75 Å². The first kappa shape index (κ1) is 29.6.